The number of para-hydroxylation sites is 1. The Hall–Kier alpha value is -4.15. The van der Waals surface area contributed by atoms with Crippen molar-refractivity contribution >= 4 is 33.4 Å². The Labute approximate surface area is 202 Å². The normalized spacial score (nSPS) is 11.2. The van der Waals surface area contributed by atoms with Gasteiger partial charge in [-0.1, -0.05) is 48.0 Å². The van der Waals surface area contributed by atoms with E-state index in [2.05, 4.69) is 44.9 Å². The molecule has 0 fully saturated rings. The van der Waals surface area contributed by atoms with Crippen molar-refractivity contribution in [1.29, 1.82) is 0 Å². The molecule has 0 radical (unpaired) electrons. The molecule has 6 rings (SSSR count). The van der Waals surface area contributed by atoms with E-state index in [1.165, 1.54) is 5.39 Å². The van der Waals surface area contributed by atoms with Gasteiger partial charge in [-0.3, -0.25) is 9.55 Å². The standard InChI is InChI=1S/C29H20ClN3O/c1-19-7-6-9-24(30)29(19)25-17-21(14-16-31-25)34-20-12-13-23-22-8-2-3-10-26(22)33(27(23)18-20)28-11-4-5-15-32-28/h2-18H,1H3. The van der Waals surface area contributed by atoms with Crippen LogP contribution in [0.5, 0.6) is 11.5 Å². The van der Waals surface area contributed by atoms with Crippen LogP contribution in [0.1, 0.15) is 5.56 Å². The first-order valence-corrected chi connectivity index (χ1v) is 11.4. The summed E-state index contributed by atoms with van der Waals surface area (Å²) < 4.78 is 8.47. The Balaban J connectivity index is 1.46. The van der Waals surface area contributed by atoms with Crippen molar-refractivity contribution in [3.8, 4) is 28.6 Å². The molecule has 164 valence electrons. The lowest BCUT2D eigenvalue weighted by atomic mass is 10.1. The van der Waals surface area contributed by atoms with Gasteiger partial charge in [-0.15, -0.1) is 0 Å². The summed E-state index contributed by atoms with van der Waals surface area (Å²) in [5.41, 5.74) is 4.91. The van der Waals surface area contributed by atoms with Gasteiger partial charge in [0.1, 0.15) is 17.3 Å². The minimum Gasteiger partial charge on any atom is -0.457 e. The van der Waals surface area contributed by atoms with Crippen molar-refractivity contribution in [2.24, 2.45) is 0 Å². The molecule has 3 aromatic heterocycles. The van der Waals surface area contributed by atoms with E-state index in [-0.39, 0.29) is 0 Å². The average Bonchev–Trinajstić information content (AvgIpc) is 3.18. The van der Waals surface area contributed by atoms with Crippen molar-refractivity contribution in [3.05, 3.63) is 114 Å². The second-order valence-corrected chi connectivity index (χ2v) is 8.54. The quantitative estimate of drug-likeness (QED) is 0.267. The molecule has 0 aliphatic heterocycles. The molecule has 0 atom stereocenters. The Kier molecular flexibility index (Phi) is 5.01. The number of aromatic nitrogens is 3. The zero-order valence-electron chi connectivity index (χ0n) is 18.4. The predicted molar refractivity (Wildman–Crippen MR) is 138 cm³/mol. The highest BCUT2D eigenvalue weighted by molar-refractivity contribution is 6.33. The molecule has 0 saturated heterocycles. The van der Waals surface area contributed by atoms with Crippen LogP contribution in [0.3, 0.4) is 0 Å². The monoisotopic (exact) mass is 461 g/mol. The zero-order chi connectivity index (χ0) is 23.1. The highest BCUT2D eigenvalue weighted by atomic mass is 35.5. The van der Waals surface area contributed by atoms with Crippen molar-refractivity contribution in [1.82, 2.24) is 14.5 Å². The summed E-state index contributed by atoms with van der Waals surface area (Å²) in [5, 5.41) is 3.00. The first kappa shape index (κ1) is 20.5. The number of halogens is 1. The first-order valence-electron chi connectivity index (χ1n) is 11.0. The highest BCUT2D eigenvalue weighted by Gasteiger charge is 2.14. The van der Waals surface area contributed by atoms with Gasteiger partial charge in [-0.2, -0.15) is 0 Å². The third-order valence-corrected chi connectivity index (χ3v) is 6.28. The van der Waals surface area contributed by atoms with Crippen molar-refractivity contribution in [2.45, 2.75) is 6.92 Å². The van der Waals surface area contributed by atoms with E-state index in [0.29, 0.717) is 10.8 Å². The molecular weight excluding hydrogens is 442 g/mol. The Morgan fingerprint density at radius 2 is 1.53 bits per heavy atom. The number of aryl methyl sites for hydroxylation is 1. The minimum absolute atomic E-state index is 0.672. The van der Waals surface area contributed by atoms with Crippen LogP contribution in [0, 0.1) is 6.92 Å². The summed E-state index contributed by atoms with van der Waals surface area (Å²) in [6.07, 6.45) is 3.56. The summed E-state index contributed by atoms with van der Waals surface area (Å²) in [4.78, 5) is 9.13. The van der Waals surface area contributed by atoms with Gasteiger partial charge in [0.25, 0.3) is 0 Å². The molecule has 34 heavy (non-hydrogen) atoms. The van der Waals surface area contributed by atoms with Crippen LogP contribution in [0.2, 0.25) is 5.02 Å². The molecule has 0 unspecified atom stereocenters. The number of rotatable bonds is 4. The van der Waals surface area contributed by atoms with Gasteiger partial charge in [0.15, 0.2) is 0 Å². The number of hydrogen-bond acceptors (Lipinski definition) is 3. The average molecular weight is 462 g/mol. The maximum atomic E-state index is 6.47. The molecule has 0 spiro atoms. The first-order chi connectivity index (χ1) is 16.7. The van der Waals surface area contributed by atoms with Gasteiger partial charge in [0, 0.05) is 40.9 Å². The van der Waals surface area contributed by atoms with E-state index >= 15 is 0 Å². The molecule has 6 aromatic rings. The molecular formula is C29H20ClN3O. The van der Waals surface area contributed by atoms with Crippen molar-refractivity contribution in [2.75, 3.05) is 0 Å². The Bertz CT molecular complexity index is 1640. The highest BCUT2D eigenvalue weighted by Crippen LogP contribution is 2.36. The fourth-order valence-corrected chi connectivity index (χ4v) is 4.77. The van der Waals surface area contributed by atoms with Crippen LogP contribution >= 0.6 is 11.6 Å². The molecule has 0 N–H and O–H groups in total. The summed E-state index contributed by atoms with van der Waals surface area (Å²) in [6, 6.07) is 30.1. The van der Waals surface area contributed by atoms with Gasteiger partial charge in [-0.25, -0.2) is 4.98 Å². The van der Waals surface area contributed by atoms with Crippen LogP contribution in [0.4, 0.5) is 0 Å². The van der Waals surface area contributed by atoms with Crippen LogP contribution in [-0.4, -0.2) is 14.5 Å². The molecule has 0 aliphatic carbocycles. The number of hydrogen-bond donors (Lipinski definition) is 0. The molecule has 0 aliphatic rings. The number of fused-ring (bicyclic) bond motifs is 3. The third kappa shape index (κ3) is 3.49. The smallest absolute Gasteiger partial charge is 0.137 e. The van der Waals surface area contributed by atoms with Crippen LogP contribution in [0.25, 0.3) is 38.9 Å². The topological polar surface area (TPSA) is 39.9 Å². The molecule has 4 nitrogen and oxygen atoms in total. The summed E-state index contributed by atoms with van der Waals surface area (Å²) in [5.74, 6) is 2.30. The largest absolute Gasteiger partial charge is 0.457 e. The number of benzene rings is 3. The van der Waals surface area contributed by atoms with E-state index in [0.717, 1.165) is 44.8 Å². The molecule has 0 saturated carbocycles. The fraction of sp³-hybridized carbons (Fsp3) is 0.0345. The lowest BCUT2D eigenvalue weighted by Gasteiger charge is -2.11. The maximum absolute atomic E-state index is 6.47. The van der Waals surface area contributed by atoms with Gasteiger partial charge in [-0.05, 0) is 55.0 Å². The summed E-state index contributed by atoms with van der Waals surface area (Å²) in [7, 11) is 0. The Morgan fingerprint density at radius 1 is 0.706 bits per heavy atom. The molecule has 5 heteroatoms. The van der Waals surface area contributed by atoms with Crippen molar-refractivity contribution in [3.63, 3.8) is 0 Å². The van der Waals surface area contributed by atoms with E-state index < -0.39 is 0 Å². The third-order valence-electron chi connectivity index (χ3n) is 5.97. The van der Waals surface area contributed by atoms with Crippen LogP contribution in [0.15, 0.2) is 103 Å². The van der Waals surface area contributed by atoms with Crippen LogP contribution in [-0.2, 0) is 0 Å². The van der Waals surface area contributed by atoms with Crippen molar-refractivity contribution < 1.29 is 4.74 Å². The van der Waals surface area contributed by atoms with Gasteiger partial charge in [0.05, 0.1) is 21.7 Å². The van der Waals surface area contributed by atoms with E-state index in [1.54, 1.807) is 6.20 Å². The number of ether oxygens (including phenoxy) is 1. The summed E-state index contributed by atoms with van der Waals surface area (Å²) >= 11 is 6.47. The zero-order valence-corrected chi connectivity index (χ0v) is 19.2. The minimum atomic E-state index is 0.672. The lowest BCUT2D eigenvalue weighted by molar-refractivity contribution is 0.483. The second kappa shape index (κ2) is 8.32. The fourth-order valence-electron chi connectivity index (χ4n) is 4.45. The van der Waals surface area contributed by atoms with Gasteiger partial charge >= 0.3 is 0 Å². The molecule has 0 amide bonds. The lowest BCUT2D eigenvalue weighted by Crippen LogP contribution is -1.96. The molecule has 3 aromatic carbocycles. The second-order valence-electron chi connectivity index (χ2n) is 8.13. The van der Waals surface area contributed by atoms with E-state index in [1.807, 2.05) is 73.8 Å². The number of pyridine rings is 2. The van der Waals surface area contributed by atoms with E-state index in [9.17, 15) is 0 Å². The summed E-state index contributed by atoms with van der Waals surface area (Å²) in [6.45, 7) is 2.03. The van der Waals surface area contributed by atoms with Gasteiger partial charge < -0.3 is 4.74 Å². The SMILES string of the molecule is Cc1cccc(Cl)c1-c1cc(Oc2ccc3c4ccccc4n(-c4ccccn4)c3c2)ccn1. The number of nitrogens with zero attached hydrogens (tertiary/aromatic N) is 3. The maximum Gasteiger partial charge on any atom is 0.137 e. The van der Waals surface area contributed by atoms with E-state index in [4.69, 9.17) is 16.3 Å². The van der Waals surface area contributed by atoms with Crippen LogP contribution < -0.4 is 4.74 Å². The molecule has 3 heterocycles. The Morgan fingerprint density at radius 3 is 2.38 bits per heavy atom. The molecule has 0 bridgehead atoms. The van der Waals surface area contributed by atoms with Gasteiger partial charge in [0.2, 0.25) is 0 Å². The predicted octanol–water partition coefficient (Wildman–Crippen LogP) is 7.99.